The van der Waals surface area contributed by atoms with Crippen LogP contribution in [-0.4, -0.2) is 14.1 Å². The van der Waals surface area contributed by atoms with Crippen LogP contribution in [-0.2, 0) is 6.54 Å². The van der Waals surface area contributed by atoms with Crippen LogP contribution in [0.3, 0.4) is 0 Å². The first-order chi connectivity index (χ1) is 5.99. The van der Waals surface area contributed by atoms with Gasteiger partial charge in [0.25, 0.3) is 0 Å². The van der Waals surface area contributed by atoms with Crippen LogP contribution in [0, 0.1) is 5.92 Å². The summed E-state index contributed by atoms with van der Waals surface area (Å²) >= 11 is 18.1. The molecule has 0 N–H and O–H groups in total. The van der Waals surface area contributed by atoms with Gasteiger partial charge in [-0.25, -0.2) is 4.68 Å². The molecule has 0 aliphatic heterocycles. The average molecular weight is 260 g/mol. The van der Waals surface area contributed by atoms with Gasteiger partial charge in [-0.05, 0) is 29.4 Å². The SMILES string of the molecule is O=c1sc(Cl)nn1CC1CC1(Cl)Cl. The van der Waals surface area contributed by atoms with Crippen LogP contribution in [0.15, 0.2) is 4.79 Å². The Balaban J connectivity index is 2.11. The van der Waals surface area contributed by atoms with Gasteiger partial charge in [-0.3, -0.25) is 4.79 Å². The lowest BCUT2D eigenvalue weighted by Gasteiger charge is -1.98. The third-order valence-corrected chi connectivity index (χ3v) is 3.80. The number of nitrogens with zero attached hydrogens (tertiary/aromatic N) is 2. The standard InChI is InChI=1S/C6H5Cl3N2OS/c7-4-10-11(5(12)13-4)2-3-1-6(3,8)9/h3H,1-2H2. The first-order valence-electron chi connectivity index (χ1n) is 3.60. The zero-order valence-corrected chi connectivity index (χ0v) is 9.42. The first-order valence-corrected chi connectivity index (χ1v) is 5.55. The number of alkyl halides is 2. The molecule has 1 heterocycles. The summed E-state index contributed by atoms with van der Waals surface area (Å²) in [4.78, 5) is 11.0. The number of halogens is 3. The molecule has 1 fully saturated rings. The highest BCUT2D eigenvalue weighted by Gasteiger charge is 2.51. The van der Waals surface area contributed by atoms with Crippen molar-refractivity contribution in [2.75, 3.05) is 0 Å². The Kier molecular flexibility index (Phi) is 2.35. The molecule has 0 radical (unpaired) electrons. The van der Waals surface area contributed by atoms with Crippen LogP contribution in [0.1, 0.15) is 6.42 Å². The maximum absolute atomic E-state index is 11.2. The van der Waals surface area contributed by atoms with Gasteiger partial charge in [-0.15, -0.1) is 28.3 Å². The van der Waals surface area contributed by atoms with Crippen LogP contribution in [0.5, 0.6) is 0 Å². The summed E-state index contributed by atoms with van der Waals surface area (Å²) in [6.45, 7) is 0.453. The van der Waals surface area contributed by atoms with Gasteiger partial charge in [0.2, 0.25) is 4.47 Å². The molecule has 72 valence electrons. The molecular formula is C6H5Cl3N2OS. The minimum absolute atomic E-state index is 0.117. The summed E-state index contributed by atoms with van der Waals surface area (Å²) in [5.41, 5.74) is 0. The second kappa shape index (κ2) is 3.12. The van der Waals surface area contributed by atoms with E-state index in [1.54, 1.807) is 0 Å². The fourth-order valence-corrected chi connectivity index (χ4v) is 2.38. The monoisotopic (exact) mass is 258 g/mol. The smallest absolute Gasteiger partial charge is 0.255 e. The second-order valence-corrected chi connectivity index (χ2v) is 6.03. The molecule has 1 aromatic rings. The van der Waals surface area contributed by atoms with Gasteiger partial charge < -0.3 is 0 Å². The Hall–Kier alpha value is 0.230. The highest BCUT2D eigenvalue weighted by Crippen LogP contribution is 2.53. The molecule has 1 saturated carbocycles. The van der Waals surface area contributed by atoms with Crippen LogP contribution < -0.4 is 4.87 Å². The minimum atomic E-state index is -0.671. The fraction of sp³-hybridized carbons (Fsp3) is 0.667. The fourth-order valence-electron chi connectivity index (χ4n) is 1.07. The summed E-state index contributed by atoms with van der Waals surface area (Å²) < 4.78 is 0.889. The zero-order chi connectivity index (χ0) is 9.64. The number of aromatic nitrogens is 2. The van der Waals surface area contributed by atoms with E-state index in [1.165, 1.54) is 4.68 Å². The quantitative estimate of drug-likeness (QED) is 0.763. The molecule has 1 aromatic heterocycles. The summed E-state index contributed by atoms with van der Waals surface area (Å²) in [6.07, 6.45) is 0.706. The average Bonchev–Trinajstić information content (AvgIpc) is 2.43. The van der Waals surface area contributed by atoms with E-state index in [2.05, 4.69) is 5.10 Å². The minimum Gasteiger partial charge on any atom is -0.255 e. The third-order valence-electron chi connectivity index (χ3n) is 1.93. The van der Waals surface area contributed by atoms with Gasteiger partial charge in [0.05, 0.1) is 6.54 Å². The predicted octanol–water partition coefficient (Wildman–Crippen LogP) is 2.15. The summed E-state index contributed by atoms with van der Waals surface area (Å²) in [7, 11) is 0. The molecular weight excluding hydrogens is 255 g/mol. The highest BCUT2D eigenvalue weighted by molar-refractivity contribution is 7.13. The lowest BCUT2D eigenvalue weighted by molar-refractivity contribution is 0.546. The first kappa shape index (κ1) is 9.77. The van der Waals surface area contributed by atoms with Crippen molar-refractivity contribution in [2.24, 2.45) is 5.92 Å². The Morgan fingerprint density at radius 1 is 1.69 bits per heavy atom. The van der Waals surface area contributed by atoms with Crippen LogP contribution in [0.2, 0.25) is 4.47 Å². The van der Waals surface area contributed by atoms with Crippen molar-refractivity contribution in [1.82, 2.24) is 9.78 Å². The van der Waals surface area contributed by atoms with E-state index in [0.29, 0.717) is 13.0 Å². The lowest BCUT2D eigenvalue weighted by Crippen LogP contribution is -2.17. The molecule has 0 amide bonds. The van der Waals surface area contributed by atoms with Gasteiger partial charge >= 0.3 is 4.87 Å². The molecule has 1 aliphatic rings. The van der Waals surface area contributed by atoms with Gasteiger partial charge in [0, 0.05) is 5.92 Å². The number of hydrogen-bond acceptors (Lipinski definition) is 3. The zero-order valence-electron chi connectivity index (χ0n) is 6.34. The third kappa shape index (κ3) is 2.01. The number of hydrogen-bond donors (Lipinski definition) is 0. The van der Waals surface area contributed by atoms with Gasteiger partial charge in [0.1, 0.15) is 4.33 Å². The van der Waals surface area contributed by atoms with Crippen molar-refractivity contribution >= 4 is 46.1 Å². The molecule has 1 aliphatic carbocycles. The molecule has 0 bridgehead atoms. The molecule has 0 saturated heterocycles. The number of rotatable bonds is 2. The molecule has 1 unspecified atom stereocenters. The van der Waals surface area contributed by atoms with E-state index in [9.17, 15) is 4.79 Å². The normalized spacial score (nSPS) is 24.7. The van der Waals surface area contributed by atoms with Crippen molar-refractivity contribution in [1.29, 1.82) is 0 Å². The summed E-state index contributed by atoms with van der Waals surface area (Å²) in [5, 5.41) is 3.83. The van der Waals surface area contributed by atoms with E-state index in [-0.39, 0.29) is 15.3 Å². The van der Waals surface area contributed by atoms with Crippen LogP contribution in [0.4, 0.5) is 0 Å². The molecule has 13 heavy (non-hydrogen) atoms. The Morgan fingerprint density at radius 2 is 2.31 bits per heavy atom. The van der Waals surface area contributed by atoms with E-state index < -0.39 is 4.33 Å². The van der Waals surface area contributed by atoms with E-state index in [4.69, 9.17) is 34.8 Å². The maximum Gasteiger partial charge on any atom is 0.326 e. The van der Waals surface area contributed by atoms with Crippen LogP contribution in [0.25, 0.3) is 0 Å². The molecule has 0 spiro atoms. The van der Waals surface area contributed by atoms with Crippen molar-refractivity contribution < 1.29 is 0 Å². The summed E-state index contributed by atoms with van der Waals surface area (Å²) in [5.74, 6) is 0.117. The predicted molar refractivity (Wildman–Crippen MR) is 53.9 cm³/mol. The maximum atomic E-state index is 11.2. The molecule has 0 aromatic carbocycles. The molecule has 2 rings (SSSR count). The van der Waals surface area contributed by atoms with Crippen molar-refractivity contribution in [2.45, 2.75) is 17.3 Å². The van der Waals surface area contributed by atoms with E-state index in [1.807, 2.05) is 0 Å². The van der Waals surface area contributed by atoms with Crippen molar-refractivity contribution in [3.63, 3.8) is 0 Å². The van der Waals surface area contributed by atoms with Gasteiger partial charge in [0.15, 0.2) is 0 Å². The Labute approximate surface area is 93.2 Å². The Morgan fingerprint density at radius 3 is 2.69 bits per heavy atom. The summed E-state index contributed by atoms with van der Waals surface area (Å²) in [6, 6.07) is 0. The van der Waals surface area contributed by atoms with Crippen molar-refractivity contribution in [3.8, 4) is 0 Å². The lowest BCUT2D eigenvalue weighted by atomic mass is 10.4. The highest BCUT2D eigenvalue weighted by atomic mass is 35.5. The van der Waals surface area contributed by atoms with Gasteiger partial charge in [-0.2, -0.15) is 0 Å². The molecule has 7 heteroatoms. The van der Waals surface area contributed by atoms with Gasteiger partial charge in [-0.1, -0.05) is 0 Å². The second-order valence-electron chi connectivity index (χ2n) is 2.97. The molecule has 3 nitrogen and oxygen atoms in total. The largest absolute Gasteiger partial charge is 0.326 e. The van der Waals surface area contributed by atoms with Crippen LogP contribution >= 0.6 is 46.1 Å². The molecule has 1 atom stereocenters. The van der Waals surface area contributed by atoms with E-state index in [0.717, 1.165) is 11.3 Å². The van der Waals surface area contributed by atoms with E-state index >= 15 is 0 Å². The topological polar surface area (TPSA) is 34.9 Å². The Bertz CT molecular complexity index is 385. The van der Waals surface area contributed by atoms with Crippen molar-refractivity contribution in [3.05, 3.63) is 14.1 Å².